The van der Waals surface area contributed by atoms with Crippen molar-refractivity contribution in [2.45, 2.75) is 99.3 Å². The first-order valence-corrected chi connectivity index (χ1v) is 19.9. The molecule has 0 aromatic heterocycles. The SMILES string of the molecule is CC(C)(C)c1ccc2c(c1)[cH-]c1cc(C(C)(C)C)ccc12.CCCCC1[C-]=CC(C(C)(C)C)=C1.Clc1ccc([C](=[Zr+2])c2ccc(Cl)cc2)cc1.[Cl-].[Cl-]. The summed E-state index contributed by atoms with van der Waals surface area (Å²) in [6, 6.07) is 32.0. The Kier molecular flexibility index (Phi) is 17.5. The minimum absolute atomic E-state index is 0. The normalized spacial score (nSPS) is 14.0. The molecule has 1 atom stereocenters. The number of hydrogen-bond acceptors (Lipinski definition) is 0. The maximum atomic E-state index is 5.86. The minimum Gasteiger partial charge on any atom is -1.00 e. The fourth-order valence-corrected chi connectivity index (χ4v) is 6.99. The summed E-state index contributed by atoms with van der Waals surface area (Å²) >= 11 is 13.1. The van der Waals surface area contributed by atoms with E-state index in [0.29, 0.717) is 11.3 Å². The third-order valence-corrected chi connectivity index (χ3v) is 11.2. The average molecular weight is 852 g/mol. The Bertz CT molecular complexity index is 1840. The van der Waals surface area contributed by atoms with Gasteiger partial charge in [-0.25, -0.2) is 6.08 Å². The summed E-state index contributed by atoms with van der Waals surface area (Å²) in [5, 5.41) is 7.01. The van der Waals surface area contributed by atoms with Gasteiger partial charge in [0, 0.05) is 0 Å². The van der Waals surface area contributed by atoms with Crippen LogP contribution in [0.4, 0.5) is 0 Å². The Labute approximate surface area is 352 Å². The fourth-order valence-electron chi connectivity index (χ4n) is 5.92. The first kappa shape index (κ1) is 46.3. The van der Waals surface area contributed by atoms with E-state index >= 15 is 0 Å². The van der Waals surface area contributed by atoms with Gasteiger partial charge in [0.15, 0.2) is 0 Å². The van der Waals surface area contributed by atoms with E-state index in [4.69, 9.17) is 23.2 Å². The summed E-state index contributed by atoms with van der Waals surface area (Å²) < 4.78 is 1.31. The Balaban J connectivity index is 0.000000273. The molecule has 0 aliphatic heterocycles. The molecule has 0 bridgehead atoms. The minimum atomic E-state index is 0. The van der Waals surface area contributed by atoms with Crippen LogP contribution in [0.5, 0.6) is 0 Å². The largest absolute Gasteiger partial charge is 1.00 e. The molecule has 0 saturated heterocycles. The van der Waals surface area contributed by atoms with Crippen LogP contribution in [0.3, 0.4) is 0 Å². The molecule has 0 radical (unpaired) electrons. The molecule has 5 aromatic rings. The third-order valence-electron chi connectivity index (χ3n) is 9.27. The van der Waals surface area contributed by atoms with Crippen LogP contribution in [0, 0.1) is 17.4 Å². The van der Waals surface area contributed by atoms with Gasteiger partial charge >= 0.3 is 120 Å². The van der Waals surface area contributed by atoms with Crippen molar-refractivity contribution in [2.75, 3.05) is 0 Å². The van der Waals surface area contributed by atoms with Gasteiger partial charge in [0.05, 0.1) is 0 Å². The van der Waals surface area contributed by atoms with E-state index < -0.39 is 0 Å². The van der Waals surface area contributed by atoms with Gasteiger partial charge in [-0.1, -0.05) is 135 Å². The zero-order chi connectivity index (χ0) is 36.9. The molecule has 1 aliphatic carbocycles. The summed E-state index contributed by atoms with van der Waals surface area (Å²) in [4.78, 5) is 0. The topological polar surface area (TPSA) is 0 Å². The van der Waals surface area contributed by atoms with E-state index in [1.54, 1.807) is 0 Å². The molecule has 0 heterocycles. The average Bonchev–Trinajstić information content (AvgIpc) is 3.68. The Morgan fingerprint density at radius 2 is 1.08 bits per heavy atom. The fraction of sp³-hybridized carbons (Fsp3) is 0.362. The van der Waals surface area contributed by atoms with Crippen molar-refractivity contribution < 1.29 is 49.0 Å². The molecular formula is C47H54Cl4Zr-2. The van der Waals surface area contributed by atoms with Crippen LogP contribution in [0.2, 0.25) is 10.0 Å². The van der Waals surface area contributed by atoms with E-state index in [-0.39, 0.29) is 35.6 Å². The second kappa shape index (κ2) is 19.6. The summed E-state index contributed by atoms with van der Waals surface area (Å²) in [5.41, 5.74) is 7.39. The van der Waals surface area contributed by atoms with Crippen molar-refractivity contribution in [3.8, 4) is 0 Å². The summed E-state index contributed by atoms with van der Waals surface area (Å²) in [7, 11) is 0. The second-order valence-corrected chi connectivity index (χ2v) is 18.7. The van der Waals surface area contributed by atoms with E-state index in [1.165, 1.54) is 96.1 Å². The molecule has 52 heavy (non-hydrogen) atoms. The predicted molar refractivity (Wildman–Crippen MR) is 219 cm³/mol. The number of halogens is 4. The number of hydrogen-bond donors (Lipinski definition) is 0. The molecule has 5 aromatic carbocycles. The molecule has 0 spiro atoms. The molecule has 1 unspecified atom stereocenters. The third kappa shape index (κ3) is 12.9. The van der Waals surface area contributed by atoms with Gasteiger partial charge in [0.25, 0.3) is 0 Å². The summed E-state index contributed by atoms with van der Waals surface area (Å²) in [5.74, 6) is 0.592. The number of unbranched alkanes of at least 4 members (excludes halogenated alkanes) is 1. The Morgan fingerprint density at radius 1 is 0.654 bits per heavy atom. The van der Waals surface area contributed by atoms with Crippen LogP contribution in [0.25, 0.3) is 21.5 Å². The van der Waals surface area contributed by atoms with Crippen LogP contribution in [0.15, 0.2) is 109 Å². The van der Waals surface area contributed by atoms with Gasteiger partial charge in [0.2, 0.25) is 0 Å². The molecule has 6 rings (SSSR count). The van der Waals surface area contributed by atoms with Gasteiger partial charge in [-0.05, 0) is 10.8 Å². The molecular weight excluding hydrogens is 798 g/mol. The second-order valence-electron chi connectivity index (χ2n) is 16.6. The van der Waals surface area contributed by atoms with Gasteiger partial charge in [-0.15, -0.1) is 39.7 Å². The zero-order valence-corrected chi connectivity index (χ0v) is 38.0. The smallest absolute Gasteiger partial charge is 1.00 e. The predicted octanol–water partition coefficient (Wildman–Crippen LogP) is 8.56. The Morgan fingerprint density at radius 3 is 1.42 bits per heavy atom. The van der Waals surface area contributed by atoms with Gasteiger partial charge in [-0.2, -0.15) is 11.6 Å². The quantitative estimate of drug-likeness (QED) is 0.156. The molecule has 276 valence electrons. The van der Waals surface area contributed by atoms with Crippen LogP contribution in [-0.4, -0.2) is 3.21 Å². The molecule has 0 amide bonds. The van der Waals surface area contributed by atoms with E-state index in [1.807, 2.05) is 48.5 Å². The maximum absolute atomic E-state index is 5.86. The van der Waals surface area contributed by atoms with Crippen molar-refractivity contribution in [3.05, 3.63) is 147 Å². The Hall–Kier alpha value is -1.86. The van der Waals surface area contributed by atoms with Crippen LogP contribution in [-0.2, 0) is 35.1 Å². The van der Waals surface area contributed by atoms with Crippen LogP contribution < -0.4 is 24.8 Å². The molecule has 0 N–H and O–H groups in total. The van der Waals surface area contributed by atoms with Crippen molar-refractivity contribution in [3.63, 3.8) is 0 Å². The first-order chi connectivity index (χ1) is 23.4. The standard InChI is InChI=1S/C21H25.C13H8Cl2.C13H21.2ClH.Zr/c1-20(2,3)16-7-9-18-14(12-16)11-15-13-17(21(4,5)6)8-10-19(15)18;14-12-5-1-10(2-6-12)9-11-3-7-13(15)8-4-11;1-5-6-7-11-8-9-12(10-11)13(2,3)4;;;/h7-13H,1-6H3;1-8H;9-11H,5-7H2,1-4H3;2*1H;/q-1;;-1;;;+2/p-2. The summed E-state index contributed by atoms with van der Waals surface area (Å²) in [6.45, 7) is 22.7. The number of rotatable bonds is 5. The summed E-state index contributed by atoms with van der Waals surface area (Å²) in [6.07, 6.45) is 11.9. The first-order valence-electron chi connectivity index (χ1n) is 17.9. The van der Waals surface area contributed by atoms with Gasteiger partial charge in [-0.3, -0.25) is 6.08 Å². The molecule has 1 aliphatic rings. The van der Waals surface area contributed by atoms with E-state index in [9.17, 15) is 0 Å². The molecule has 0 saturated carbocycles. The number of benzene rings is 4. The van der Waals surface area contributed by atoms with Crippen LogP contribution in [0.1, 0.15) is 111 Å². The maximum Gasteiger partial charge on any atom is -1.00 e. The monoisotopic (exact) mass is 848 g/mol. The number of fused-ring (bicyclic) bond motifs is 3. The van der Waals surface area contributed by atoms with E-state index in [0.717, 1.165) is 10.0 Å². The van der Waals surface area contributed by atoms with Crippen molar-refractivity contribution in [2.24, 2.45) is 11.3 Å². The van der Waals surface area contributed by atoms with E-state index in [2.05, 4.69) is 130 Å². The van der Waals surface area contributed by atoms with Gasteiger partial charge < -0.3 is 24.8 Å². The van der Waals surface area contributed by atoms with Crippen molar-refractivity contribution >= 4 is 48.0 Å². The van der Waals surface area contributed by atoms with Gasteiger partial charge in [0.1, 0.15) is 0 Å². The van der Waals surface area contributed by atoms with Crippen molar-refractivity contribution in [1.82, 2.24) is 0 Å². The zero-order valence-electron chi connectivity index (χ0n) is 32.5. The number of allylic oxidation sites excluding steroid dienone is 4. The van der Waals surface area contributed by atoms with Crippen LogP contribution >= 0.6 is 23.2 Å². The molecule has 0 nitrogen and oxygen atoms in total. The molecule has 5 heteroatoms. The molecule has 0 fully saturated rings. The van der Waals surface area contributed by atoms with Crippen molar-refractivity contribution in [1.29, 1.82) is 0 Å².